The van der Waals surface area contributed by atoms with Gasteiger partial charge in [0.25, 0.3) is 0 Å². The van der Waals surface area contributed by atoms with Crippen LogP contribution in [0.1, 0.15) is 19.5 Å². The van der Waals surface area contributed by atoms with E-state index in [1.807, 2.05) is 22.6 Å². The van der Waals surface area contributed by atoms with Gasteiger partial charge in [0, 0.05) is 18.1 Å². The molecule has 0 aliphatic rings. The highest BCUT2D eigenvalue weighted by molar-refractivity contribution is 14.1. The highest BCUT2D eigenvalue weighted by Crippen LogP contribution is 2.28. The van der Waals surface area contributed by atoms with Crippen molar-refractivity contribution in [2.75, 3.05) is 6.26 Å². The molecule has 1 aromatic rings. The van der Waals surface area contributed by atoms with E-state index in [4.69, 9.17) is 17.3 Å². The Balaban J connectivity index is 3.43. The number of pyridine rings is 1. The first kappa shape index (κ1) is 16.6. The van der Waals surface area contributed by atoms with E-state index >= 15 is 0 Å². The van der Waals surface area contributed by atoms with Crippen molar-refractivity contribution in [1.82, 2.24) is 4.98 Å². The maximum absolute atomic E-state index is 11.8. The van der Waals surface area contributed by atoms with Crippen LogP contribution in [0.3, 0.4) is 0 Å². The van der Waals surface area contributed by atoms with Crippen molar-refractivity contribution in [1.29, 1.82) is 0 Å². The van der Waals surface area contributed by atoms with Crippen molar-refractivity contribution in [2.45, 2.75) is 25.2 Å². The molecular formula is C11H14ClIN2O3S. The van der Waals surface area contributed by atoms with Gasteiger partial charge in [-0.3, -0.25) is 4.79 Å². The van der Waals surface area contributed by atoms with Crippen LogP contribution < -0.4 is 5.73 Å². The van der Waals surface area contributed by atoms with Gasteiger partial charge in [0.1, 0.15) is 5.15 Å². The summed E-state index contributed by atoms with van der Waals surface area (Å²) in [6.07, 6.45) is 1.20. The lowest BCUT2D eigenvalue weighted by Crippen LogP contribution is -2.34. The van der Waals surface area contributed by atoms with Crippen molar-refractivity contribution in [3.63, 3.8) is 0 Å². The van der Waals surface area contributed by atoms with Crippen LogP contribution in [0.25, 0.3) is 0 Å². The van der Waals surface area contributed by atoms with Crippen LogP contribution in [0.2, 0.25) is 5.15 Å². The molecule has 19 heavy (non-hydrogen) atoms. The molecule has 1 rings (SSSR count). The molecule has 1 aromatic heterocycles. The minimum atomic E-state index is -3.45. The minimum absolute atomic E-state index is 0.0793. The summed E-state index contributed by atoms with van der Waals surface area (Å²) in [7, 11) is -3.45. The predicted molar refractivity (Wildman–Crippen MR) is 81.8 cm³/mol. The van der Waals surface area contributed by atoms with Gasteiger partial charge in [-0.1, -0.05) is 25.4 Å². The third-order valence-corrected chi connectivity index (χ3v) is 5.23. The Morgan fingerprint density at radius 1 is 1.53 bits per heavy atom. The molecule has 1 amide bonds. The number of halogens is 2. The van der Waals surface area contributed by atoms with Crippen LogP contribution in [-0.4, -0.2) is 25.6 Å². The van der Waals surface area contributed by atoms with Gasteiger partial charge in [0.2, 0.25) is 5.91 Å². The second-order valence-electron chi connectivity index (χ2n) is 4.90. The number of rotatable bonds is 4. The Morgan fingerprint density at radius 3 is 2.47 bits per heavy atom. The molecule has 0 bridgehead atoms. The maximum atomic E-state index is 11.8. The molecule has 0 radical (unpaired) electrons. The molecule has 0 saturated heterocycles. The van der Waals surface area contributed by atoms with Gasteiger partial charge in [0.05, 0.1) is 14.2 Å². The zero-order valence-corrected chi connectivity index (χ0v) is 14.4. The molecule has 0 atom stereocenters. The normalized spacial score (nSPS) is 12.5. The minimum Gasteiger partial charge on any atom is -0.369 e. The van der Waals surface area contributed by atoms with E-state index in [2.05, 4.69) is 4.98 Å². The molecule has 1 heterocycles. The van der Waals surface area contributed by atoms with Gasteiger partial charge in [0.15, 0.2) is 9.84 Å². The first-order valence-electron chi connectivity index (χ1n) is 5.30. The summed E-state index contributed by atoms with van der Waals surface area (Å²) in [5.41, 5.74) is 4.66. The monoisotopic (exact) mass is 416 g/mol. The molecule has 0 aliphatic heterocycles. The van der Waals surface area contributed by atoms with Gasteiger partial charge >= 0.3 is 0 Å². The number of hydrogen-bond acceptors (Lipinski definition) is 4. The number of sulfone groups is 1. The lowest BCUT2D eigenvalue weighted by Gasteiger charge is -2.21. The molecule has 0 unspecified atom stereocenters. The van der Waals surface area contributed by atoms with Crippen molar-refractivity contribution in [3.05, 3.63) is 20.5 Å². The fourth-order valence-electron chi connectivity index (χ4n) is 1.44. The first-order valence-corrected chi connectivity index (χ1v) is 8.65. The lowest BCUT2D eigenvalue weighted by molar-refractivity contribution is -0.126. The second kappa shape index (κ2) is 5.53. The fraction of sp³-hybridized carbons (Fsp3) is 0.455. The van der Waals surface area contributed by atoms with Crippen molar-refractivity contribution < 1.29 is 13.2 Å². The average molecular weight is 417 g/mol. The number of nitrogens with zero attached hydrogens (tertiary/aromatic N) is 1. The number of hydrogen-bond donors (Lipinski definition) is 1. The van der Waals surface area contributed by atoms with Crippen LogP contribution >= 0.6 is 34.2 Å². The molecule has 106 valence electrons. The number of nitrogens with two attached hydrogens (primary N) is 1. The Kier molecular flexibility index (Phi) is 4.84. The molecule has 0 aliphatic carbocycles. The van der Waals surface area contributed by atoms with Gasteiger partial charge in [-0.15, -0.1) is 0 Å². The van der Waals surface area contributed by atoms with E-state index < -0.39 is 21.2 Å². The first-order chi connectivity index (χ1) is 8.45. The predicted octanol–water partition coefficient (Wildman–Crippen LogP) is 1.80. The topological polar surface area (TPSA) is 90.1 Å². The van der Waals surface area contributed by atoms with E-state index in [-0.39, 0.29) is 22.2 Å². The highest BCUT2D eigenvalue weighted by atomic mass is 127. The Labute approximate surface area is 131 Å². The van der Waals surface area contributed by atoms with Crippen LogP contribution in [0.15, 0.2) is 11.0 Å². The summed E-state index contributed by atoms with van der Waals surface area (Å²) in [5.74, 6) is -0.525. The lowest BCUT2D eigenvalue weighted by atomic mass is 9.87. The number of amides is 1. The molecule has 0 saturated carbocycles. The van der Waals surface area contributed by atoms with Gasteiger partial charge in [-0.25, -0.2) is 13.4 Å². The van der Waals surface area contributed by atoms with Gasteiger partial charge in [-0.05, 0) is 28.7 Å². The standard InChI is InChI=1S/C11H14ClIN2O3S/c1-11(2,10(14)16)5-7-8(19(3,17)18)4-6(13)9(12)15-7/h4H,5H2,1-3H3,(H2,14,16). The van der Waals surface area contributed by atoms with Crippen LogP contribution in [0, 0.1) is 8.99 Å². The summed E-state index contributed by atoms with van der Waals surface area (Å²) < 4.78 is 24.1. The third-order valence-electron chi connectivity index (χ3n) is 2.65. The molecule has 8 heteroatoms. The molecular weight excluding hydrogens is 403 g/mol. The Morgan fingerprint density at radius 2 is 2.05 bits per heavy atom. The summed E-state index contributed by atoms with van der Waals surface area (Å²) in [4.78, 5) is 15.5. The zero-order chi connectivity index (χ0) is 15.0. The molecule has 0 spiro atoms. The smallest absolute Gasteiger partial charge is 0.223 e. The summed E-state index contributed by atoms with van der Waals surface area (Å²) in [6.45, 7) is 3.27. The maximum Gasteiger partial charge on any atom is 0.223 e. The summed E-state index contributed by atoms with van der Waals surface area (Å²) in [6, 6.07) is 1.46. The van der Waals surface area contributed by atoms with E-state index in [0.717, 1.165) is 6.26 Å². The van der Waals surface area contributed by atoms with E-state index in [1.54, 1.807) is 13.8 Å². The quantitative estimate of drug-likeness (QED) is 0.598. The van der Waals surface area contributed by atoms with E-state index in [9.17, 15) is 13.2 Å². The SMILES string of the molecule is CC(C)(Cc1nc(Cl)c(I)cc1S(C)(=O)=O)C(N)=O. The number of primary amides is 1. The van der Waals surface area contributed by atoms with E-state index in [1.165, 1.54) is 6.07 Å². The van der Waals surface area contributed by atoms with Crippen LogP contribution in [-0.2, 0) is 21.1 Å². The number of carbonyl (C=O) groups excluding carboxylic acids is 1. The number of aromatic nitrogens is 1. The van der Waals surface area contributed by atoms with Crippen molar-refractivity contribution in [3.8, 4) is 0 Å². The van der Waals surface area contributed by atoms with Crippen LogP contribution in [0.4, 0.5) is 0 Å². The number of carbonyl (C=O) groups is 1. The fourth-order valence-corrected chi connectivity index (χ4v) is 3.12. The largest absolute Gasteiger partial charge is 0.369 e. The molecule has 2 N–H and O–H groups in total. The Hall–Kier alpha value is -0.410. The highest BCUT2D eigenvalue weighted by Gasteiger charge is 2.29. The van der Waals surface area contributed by atoms with Crippen molar-refractivity contribution >= 4 is 49.9 Å². The Bertz CT molecular complexity index is 629. The van der Waals surface area contributed by atoms with Gasteiger partial charge in [-0.2, -0.15) is 0 Å². The van der Waals surface area contributed by atoms with Crippen LogP contribution in [0.5, 0.6) is 0 Å². The summed E-state index contributed by atoms with van der Waals surface area (Å²) in [5, 5.41) is 0.211. The molecule has 5 nitrogen and oxygen atoms in total. The molecule has 0 aromatic carbocycles. The third kappa shape index (κ3) is 4.03. The second-order valence-corrected chi connectivity index (χ2v) is 8.41. The van der Waals surface area contributed by atoms with Crippen molar-refractivity contribution in [2.24, 2.45) is 11.1 Å². The summed E-state index contributed by atoms with van der Waals surface area (Å²) >= 11 is 7.82. The average Bonchev–Trinajstić information content (AvgIpc) is 2.20. The molecule has 0 fully saturated rings. The zero-order valence-electron chi connectivity index (χ0n) is 10.7. The van der Waals surface area contributed by atoms with E-state index in [0.29, 0.717) is 3.57 Å². The van der Waals surface area contributed by atoms with Gasteiger partial charge < -0.3 is 5.73 Å².